The number of non-ortho nitro benzene ring substituents is 1. The summed E-state index contributed by atoms with van der Waals surface area (Å²) in [7, 11) is -3.97. The fraction of sp³-hybridized carbons (Fsp3) is 0.647. The molecule has 170 valence electrons. The minimum absolute atomic E-state index is 0.0811. The van der Waals surface area contributed by atoms with Gasteiger partial charge >= 0.3 is 0 Å². The molecule has 1 unspecified atom stereocenters. The first-order valence-corrected chi connectivity index (χ1v) is 13.1. The summed E-state index contributed by atoms with van der Waals surface area (Å²) in [6.07, 6.45) is -0.876. The molecule has 1 heterocycles. The van der Waals surface area contributed by atoms with Crippen molar-refractivity contribution in [2.75, 3.05) is 68.0 Å². The number of aliphatic hydroxyl groups is 2. The van der Waals surface area contributed by atoms with Crippen molar-refractivity contribution in [1.82, 2.24) is 9.21 Å². The van der Waals surface area contributed by atoms with Crippen LogP contribution < -0.4 is 4.90 Å². The first kappa shape index (κ1) is 25.4. The summed E-state index contributed by atoms with van der Waals surface area (Å²) in [6.45, 7) is 2.17. The normalized spacial score (nSPS) is 17.1. The molecule has 2 N–H and O–H groups in total. The number of nitrogens with zero attached hydrogens (tertiary/aromatic N) is 4. The largest absolute Gasteiger partial charge is 0.394 e. The number of β-amino-alcohol motifs (C(OH)–C–C–N with tert-alkyl or cyclic N) is 1. The van der Waals surface area contributed by atoms with E-state index in [1.807, 2.05) is 9.80 Å². The molecule has 1 saturated heterocycles. The van der Waals surface area contributed by atoms with Gasteiger partial charge in [-0.25, -0.2) is 8.42 Å². The van der Waals surface area contributed by atoms with Gasteiger partial charge in [-0.1, -0.05) is 31.9 Å². The fourth-order valence-corrected chi connectivity index (χ4v) is 5.80. The van der Waals surface area contributed by atoms with Crippen molar-refractivity contribution in [3.05, 3.63) is 28.3 Å². The molecule has 0 saturated carbocycles. The third kappa shape index (κ3) is 6.34. The summed E-state index contributed by atoms with van der Waals surface area (Å²) in [6, 6.07) is 3.93. The second kappa shape index (κ2) is 11.7. The number of nitro groups is 1. The van der Waals surface area contributed by atoms with Crippen LogP contribution in [0.25, 0.3) is 0 Å². The zero-order valence-corrected chi connectivity index (χ0v) is 20.3. The molecule has 0 bridgehead atoms. The highest BCUT2D eigenvalue weighted by atomic mass is 79.9. The average molecular weight is 574 g/mol. The Morgan fingerprint density at radius 1 is 1.17 bits per heavy atom. The van der Waals surface area contributed by atoms with E-state index in [1.54, 1.807) is 0 Å². The van der Waals surface area contributed by atoms with Gasteiger partial charge in [0.05, 0.1) is 23.3 Å². The smallest absolute Gasteiger partial charge is 0.270 e. The monoisotopic (exact) mass is 572 g/mol. The van der Waals surface area contributed by atoms with Gasteiger partial charge in [-0.2, -0.15) is 4.31 Å². The Labute approximate surface area is 192 Å². The molecular formula is C17H26Br2N4O6S. The van der Waals surface area contributed by atoms with Crippen molar-refractivity contribution in [2.24, 2.45) is 0 Å². The molecule has 1 atom stereocenters. The molecule has 2 rings (SSSR count). The van der Waals surface area contributed by atoms with Crippen molar-refractivity contribution in [3.8, 4) is 0 Å². The zero-order chi connectivity index (χ0) is 22.3. The minimum atomic E-state index is -3.97. The van der Waals surface area contributed by atoms with Gasteiger partial charge in [0, 0.05) is 68.6 Å². The predicted molar refractivity (Wildman–Crippen MR) is 121 cm³/mol. The van der Waals surface area contributed by atoms with Crippen LogP contribution in [0.2, 0.25) is 0 Å². The summed E-state index contributed by atoms with van der Waals surface area (Å²) in [4.78, 5) is 14.3. The molecule has 1 fully saturated rings. The molecule has 0 spiro atoms. The molecule has 30 heavy (non-hydrogen) atoms. The molecule has 0 aromatic heterocycles. The predicted octanol–water partition coefficient (Wildman–Crippen LogP) is 0.851. The number of anilines is 1. The van der Waals surface area contributed by atoms with Gasteiger partial charge in [0.15, 0.2) is 0 Å². The molecule has 1 aromatic carbocycles. The number of alkyl halides is 2. The Hall–Kier alpha value is -0.830. The zero-order valence-electron chi connectivity index (χ0n) is 16.4. The number of hydrogen-bond donors (Lipinski definition) is 2. The quantitative estimate of drug-likeness (QED) is 0.226. The lowest BCUT2D eigenvalue weighted by atomic mass is 10.2. The number of benzene rings is 1. The lowest BCUT2D eigenvalue weighted by Crippen LogP contribution is -2.50. The fourth-order valence-electron chi connectivity index (χ4n) is 3.29. The lowest BCUT2D eigenvalue weighted by Gasteiger charge is -2.35. The Morgan fingerprint density at radius 3 is 2.27 bits per heavy atom. The highest BCUT2D eigenvalue weighted by Gasteiger charge is 2.33. The summed E-state index contributed by atoms with van der Waals surface area (Å²) < 4.78 is 28.2. The van der Waals surface area contributed by atoms with E-state index in [1.165, 1.54) is 16.4 Å². The van der Waals surface area contributed by atoms with Gasteiger partial charge in [0.1, 0.15) is 4.90 Å². The maximum atomic E-state index is 13.4. The second-order valence-electron chi connectivity index (χ2n) is 6.82. The van der Waals surface area contributed by atoms with Gasteiger partial charge in [0.2, 0.25) is 10.0 Å². The summed E-state index contributed by atoms with van der Waals surface area (Å²) in [5.74, 6) is 0. The second-order valence-corrected chi connectivity index (χ2v) is 10.3. The van der Waals surface area contributed by atoms with Crippen LogP contribution in [0.15, 0.2) is 23.1 Å². The van der Waals surface area contributed by atoms with Crippen molar-refractivity contribution in [2.45, 2.75) is 11.0 Å². The van der Waals surface area contributed by atoms with E-state index < -0.39 is 21.1 Å². The topological polar surface area (TPSA) is 127 Å². The minimum Gasteiger partial charge on any atom is -0.394 e. The molecule has 1 aliphatic heterocycles. The van der Waals surface area contributed by atoms with Crippen LogP contribution in [0, 0.1) is 10.1 Å². The SMILES string of the molecule is O=[N+]([O-])c1ccc(N(CCBr)CCBr)c(S(=O)(=O)N2CCN(CC(O)CO)CC2)c1. The first-order chi connectivity index (χ1) is 14.2. The van der Waals surface area contributed by atoms with Crippen LogP contribution in [0.5, 0.6) is 0 Å². The number of halogens is 2. The molecule has 1 aromatic rings. The van der Waals surface area contributed by atoms with Crippen LogP contribution >= 0.6 is 31.9 Å². The van der Waals surface area contributed by atoms with E-state index in [-0.39, 0.29) is 36.8 Å². The van der Waals surface area contributed by atoms with E-state index in [4.69, 9.17) is 5.11 Å². The van der Waals surface area contributed by atoms with E-state index in [2.05, 4.69) is 31.9 Å². The molecule has 10 nitrogen and oxygen atoms in total. The summed E-state index contributed by atoms with van der Waals surface area (Å²) in [5, 5.41) is 31.1. The molecular weight excluding hydrogens is 548 g/mol. The molecule has 0 amide bonds. The summed E-state index contributed by atoms with van der Waals surface area (Å²) in [5.41, 5.74) is 0.150. The van der Waals surface area contributed by atoms with Gasteiger partial charge in [-0.3, -0.25) is 15.0 Å². The lowest BCUT2D eigenvalue weighted by molar-refractivity contribution is -0.385. The number of nitro benzene ring substituents is 1. The van der Waals surface area contributed by atoms with Gasteiger partial charge in [-0.15, -0.1) is 0 Å². The van der Waals surface area contributed by atoms with Crippen LogP contribution in [0.3, 0.4) is 0 Å². The van der Waals surface area contributed by atoms with Crippen LogP contribution in [0.4, 0.5) is 11.4 Å². The van der Waals surface area contributed by atoms with Gasteiger partial charge < -0.3 is 15.1 Å². The van der Waals surface area contributed by atoms with Crippen LogP contribution in [-0.2, 0) is 10.0 Å². The van der Waals surface area contributed by atoms with Crippen molar-refractivity contribution < 1.29 is 23.6 Å². The van der Waals surface area contributed by atoms with Crippen molar-refractivity contribution >= 4 is 53.3 Å². The Balaban J connectivity index is 2.34. The maximum Gasteiger partial charge on any atom is 0.270 e. The Kier molecular flexibility index (Phi) is 9.91. The van der Waals surface area contributed by atoms with E-state index in [0.29, 0.717) is 42.5 Å². The van der Waals surface area contributed by atoms with Crippen molar-refractivity contribution in [1.29, 1.82) is 0 Å². The highest BCUT2D eigenvalue weighted by molar-refractivity contribution is 9.09. The maximum absolute atomic E-state index is 13.4. The van der Waals surface area contributed by atoms with Gasteiger partial charge in [0.25, 0.3) is 5.69 Å². The third-order valence-corrected chi connectivity index (χ3v) is 7.47. The highest BCUT2D eigenvalue weighted by Crippen LogP contribution is 2.32. The van der Waals surface area contributed by atoms with E-state index in [9.17, 15) is 23.6 Å². The summed E-state index contributed by atoms with van der Waals surface area (Å²) >= 11 is 6.74. The third-order valence-electron chi connectivity index (χ3n) is 4.83. The molecule has 0 aliphatic carbocycles. The molecule has 1 aliphatic rings. The Morgan fingerprint density at radius 2 is 1.77 bits per heavy atom. The average Bonchev–Trinajstić information content (AvgIpc) is 2.73. The van der Waals surface area contributed by atoms with Gasteiger partial charge in [-0.05, 0) is 6.07 Å². The molecule has 0 radical (unpaired) electrons. The molecule has 13 heteroatoms. The first-order valence-electron chi connectivity index (χ1n) is 9.41. The van der Waals surface area contributed by atoms with Crippen molar-refractivity contribution in [3.63, 3.8) is 0 Å². The number of rotatable bonds is 11. The van der Waals surface area contributed by atoms with E-state index in [0.717, 1.165) is 6.07 Å². The number of piperazine rings is 1. The van der Waals surface area contributed by atoms with Crippen LogP contribution in [0.1, 0.15) is 0 Å². The van der Waals surface area contributed by atoms with Crippen LogP contribution in [-0.4, -0.2) is 102 Å². The Bertz CT molecular complexity index is 814. The standard InChI is InChI=1S/C17H26Br2N4O6S/c18-3-5-21(6-4-19)16-2-1-14(23(26)27)11-17(16)30(28,29)22-9-7-20(8-10-22)12-15(25)13-24/h1-2,11,15,24-25H,3-10,12-13H2. The number of hydrogen-bond acceptors (Lipinski definition) is 8. The van der Waals surface area contributed by atoms with E-state index >= 15 is 0 Å². The number of aliphatic hydroxyl groups excluding tert-OH is 2. The number of sulfonamides is 1.